The molecule has 0 unspecified atom stereocenters. The molecule has 29 heavy (non-hydrogen) atoms. The average molecular weight is 411 g/mol. The van der Waals surface area contributed by atoms with Gasteiger partial charge in [0.05, 0.1) is 24.6 Å². The molecule has 0 radical (unpaired) electrons. The molecular weight excluding hydrogens is 392 g/mol. The predicted octanol–water partition coefficient (Wildman–Crippen LogP) is 5.07. The van der Waals surface area contributed by atoms with Gasteiger partial charge in [-0.15, -0.1) is 0 Å². The zero-order chi connectivity index (χ0) is 20.6. The first-order chi connectivity index (χ1) is 14.1. The van der Waals surface area contributed by atoms with Gasteiger partial charge in [0.15, 0.2) is 11.5 Å². The van der Waals surface area contributed by atoms with E-state index in [1.54, 1.807) is 49.7 Å². The van der Waals surface area contributed by atoms with Crippen LogP contribution in [0.15, 0.2) is 71.8 Å². The summed E-state index contributed by atoms with van der Waals surface area (Å²) in [5, 5.41) is 14.1. The first-order valence-corrected chi connectivity index (χ1v) is 9.12. The Hall–Kier alpha value is -3.51. The largest absolute Gasteiger partial charge is 0.493 e. The Morgan fingerprint density at radius 1 is 1.10 bits per heavy atom. The number of carboxylic acids is 1. The summed E-state index contributed by atoms with van der Waals surface area (Å²) in [6.45, 7) is 0.327. The minimum Gasteiger partial charge on any atom is -0.493 e. The van der Waals surface area contributed by atoms with Gasteiger partial charge < -0.3 is 14.6 Å². The number of ether oxygens (including phenoxy) is 2. The van der Waals surface area contributed by atoms with E-state index in [0.29, 0.717) is 34.4 Å². The van der Waals surface area contributed by atoms with Crippen LogP contribution in [0.25, 0.3) is 0 Å². The number of anilines is 1. The normalized spacial score (nSPS) is 10.7. The van der Waals surface area contributed by atoms with Gasteiger partial charge in [0.2, 0.25) is 0 Å². The maximum atomic E-state index is 11.3. The summed E-state index contributed by atoms with van der Waals surface area (Å²) in [5.74, 6) is 0.0625. The molecule has 7 heteroatoms. The highest BCUT2D eigenvalue weighted by molar-refractivity contribution is 6.30. The highest BCUT2D eigenvalue weighted by Gasteiger charge is 2.11. The third-order valence-electron chi connectivity index (χ3n) is 4.07. The number of hydrazone groups is 1. The Labute approximate surface area is 173 Å². The van der Waals surface area contributed by atoms with Crippen molar-refractivity contribution < 1.29 is 19.4 Å². The topological polar surface area (TPSA) is 80.2 Å². The molecule has 148 valence electrons. The fourth-order valence-corrected chi connectivity index (χ4v) is 2.75. The average Bonchev–Trinajstić information content (AvgIpc) is 2.74. The molecular formula is C22H19ClN2O4. The van der Waals surface area contributed by atoms with Crippen molar-refractivity contribution in [3.05, 3.63) is 88.4 Å². The summed E-state index contributed by atoms with van der Waals surface area (Å²) < 4.78 is 11.4. The molecule has 3 aromatic carbocycles. The lowest BCUT2D eigenvalue weighted by Gasteiger charge is -2.13. The highest BCUT2D eigenvalue weighted by atomic mass is 35.5. The quantitative estimate of drug-likeness (QED) is 0.400. The number of carbonyl (C=O) groups is 1. The van der Waals surface area contributed by atoms with Gasteiger partial charge in [0, 0.05) is 10.6 Å². The van der Waals surface area contributed by atoms with E-state index in [2.05, 4.69) is 10.5 Å². The molecule has 0 aliphatic heterocycles. The fourth-order valence-electron chi connectivity index (χ4n) is 2.62. The number of aromatic carboxylic acids is 1. The SMILES string of the molecule is COc1cccc(/C=N/Nc2ccccc2C(=O)O)c1OCc1ccc(Cl)cc1. The zero-order valence-electron chi connectivity index (χ0n) is 15.6. The summed E-state index contributed by atoms with van der Waals surface area (Å²) >= 11 is 5.92. The minimum atomic E-state index is -1.03. The number of para-hydroxylation sites is 2. The third kappa shape index (κ3) is 5.27. The lowest BCUT2D eigenvalue weighted by Crippen LogP contribution is -2.03. The first-order valence-electron chi connectivity index (χ1n) is 8.74. The number of nitrogens with zero attached hydrogens (tertiary/aromatic N) is 1. The van der Waals surface area contributed by atoms with Gasteiger partial charge in [0.25, 0.3) is 0 Å². The summed E-state index contributed by atoms with van der Waals surface area (Å²) in [5.41, 5.74) is 4.93. The molecule has 0 aliphatic carbocycles. The molecule has 2 N–H and O–H groups in total. The molecule has 0 heterocycles. The molecule has 6 nitrogen and oxygen atoms in total. The molecule has 0 spiro atoms. The van der Waals surface area contributed by atoms with E-state index < -0.39 is 5.97 Å². The lowest BCUT2D eigenvalue weighted by atomic mass is 10.2. The molecule has 0 saturated heterocycles. The molecule has 3 aromatic rings. The van der Waals surface area contributed by atoms with Gasteiger partial charge >= 0.3 is 5.97 Å². The van der Waals surface area contributed by atoms with Gasteiger partial charge in [0.1, 0.15) is 6.61 Å². The predicted molar refractivity (Wildman–Crippen MR) is 113 cm³/mol. The molecule has 0 fully saturated rings. The monoisotopic (exact) mass is 410 g/mol. The Balaban J connectivity index is 1.79. The molecule has 0 aliphatic rings. The molecule has 0 bridgehead atoms. The number of halogens is 1. The van der Waals surface area contributed by atoms with Gasteiger partial charge in [-0.25, -0.2) is 4.79 Å². The number of hydrogen-bond donors (Lipinski definition) is 2. The molecule has 0 amide bonds. The lowest BCUT2D eigenvalue weighted by molar-refractivity contribution is 0.0698. The van der Waals surface area contributed by atoms with E-state index in [0.717, 1.165) is 5.56 Å². The second-order valence-corrected chi connectivity index (χ2v) is 6.45. The van der Waals surface area contributed by atoms with Crippen LogP contribution >= 0.6 is 11.6 Å². The van der Waals surface area contributed by atoms with Crippen LogP contribution in [0.5, 0.6) is 11.5 Å². The molecule has 0 aromatic heterocycles. The second-order valence-electron chi connectivity index (χ2n) is 6.01. The van der Waals surface area contributed by atoms with Crippen LogP contribution in [0.1, 0.15) is 21.5 Å². The van der Waals surface area contributed by atoms with Gasteiger partial charge in [-0.3, -0.25) is 5.43 Å². The molecule has 3 rings (SSSR count). The Bertz CT molecular complexity index is 1020. The van der Waals surface area contributed by atoms with Crippen molar-refractivity contribution in [2.24, 2.45) is 5.10 Å². The summed E-state index contributed by atoms with van der Waals surface area (Å²) in [7, 11) is 1.56. The maximum absolute atomic E-state index is 11.3. The van der Waals surface area contributed by atoms with E-state index in [4.69, 9.17) is 21.1 Å². The summed E-state index contributed by atoms with van der Waals surface area (Å²) in [6, 6.07) is 19.3. The van der Waals surface area contributed by atoms with Crippen LogP contribution < -0.4 is 14.9 Å². The van der Waals surface area contributed by atoms with Crippen LogP contribution in [0.3, 0.4) is 0 Å². The number of carboxylic acid groups (broad SMARTS) is 1. The van der Waals surface area contributed by atoms with Gasteiger partial charge in [-0.1, -0.05) is 41.9 Å². The van der Waals surface area contributed by atoms with Crippen LogP contribution in [0.4, 0.5) is 5.69 Å². The first kappa shape index (κ1) is 20.2. The van der Waals surface area contributed by atoms with Gasteiger partial charge in [-0.05, 0) is 42.0 Å². The Kier molecular flexibility index (Phi) is 6.71. The third-order valence-corrected chi connectivity index (χ3v) is 4.32. The highest BCUT2D eigenvalue weighted by Crippen LogP contribution is 2.31. The number of nitrogens with one attached hydrogen (secondary N) is 1. The van der Waals surface area contributed by atoms with Gasteiger partial charge in [-0.2, -0.15) is 5.10 Å². The molecule has 0 saturated carbocycles. The number of rotatable bonds is 8. The van der Waals surface area contributed by atoms with E-state index >= 15 is 0 Å². The van der Waals surface area contributed by atoms with Crippen molar-refractivity contribution in [2.75, 3.05) is 12.5 Å². The van der Waals surface area contributed by atoms with E-state index in [-0.39, 0.29) is 5.56 Å². The fraction of sp³-hybridized carbons (Fsp3) is 0.0909. The minimum absolute atomic E-state index is 0.134. The summed E-state index contributed by atoms with van der Waals surface area (Å²) in [4.78, 5) is 11.3. The zero-order valence-corrected chi connectivity index (χ0v) is 16.4. The van der Waals surface area contributed by atoms with E-state index in [1.807, 2.05) is 24.3 Å². The number of benzene rings is 3. The van der Waals surface area contributed by atoms with Crippen molar-refractivity contribution in [1.29, 1.82) is 0 Å². The van der Waals surface area contributed by atoms with Crippen molar-refractivity contribution >= 4 is 29.5 Å². The van der Waals surface area contributed by atoms with Crippen LogP contribution in [0, 0.1) is 0 Å². The summed E-state index contributed by atoms with van der Waals surface area (Å²) in [6.07, 6.45) is 1.55. The van der Waals surface area contributed by atoms with E-state index in [9.17, 15) is 9.90 Å². The van der Waals surface area contributed by atoms with Crippen molar-refractivity contribution in [2.45, 2.75) is 6.61 Å². The maximum Gasteiger partial charge on any atom is 0.337 e. The van der Waals surface area contributed by atoms with Crippen molar-refractivity contribution in [1.82, 2.24) is 0 Å². The Morgan fingerprint density at radius 2 is 1.86 bits per heavy atom. The van der Waals surface area contributed by atoms with Crippen LogP contribution in [-0.4, -0.2) is 24.4 Å². The number of methoxy groups -OCH3 is 1. The smallest absolute Gasteiger partial charge is 0.337 e. The van der Waals surface area contributed by atoms with Crippen molar-refractivity contribution in [3.8, 4) is 11.5 Å². The van der Waals surface area contributed by atoms with Crippen molar-refractivity contribution in [3.63, 3.8) is 0 Å². The standard InChI is InChI=1S/C22H19ClN2O4/c1-28-20-8-4-5-16(21(20)29-14-15-9-11-17(23)12-10-15)13-24-25-19-7-3-2-6-18(19)22(26)27/h2-13,25H,14H2,1H3,(H,26,27)/b24-13+. The molecule has 0 atom stereocenters. The van der Waals surface area contributed by atoms with Crippen LogP contribution in [0.2, 0.25) is 5.02 Å². The number of hydrogen-bond acceptors (Lipinski definition) is 5. The Morgan fingerprint density at radius 3 is 2.59 bits per heavy atom. The van der Waals surface area contributed by atoms with Crippen LogP contribution in [-0.2, 0) is 6.61 Å². The second kappa shape index (κ2) is 9.61. The van der Waals surface area contributed by atoms with E-state index in [1.165, 1.54) is 6.07 Å².